The van der Waals surface area contributed by atoms with Crippen molar-refractivity contribution in [2.45, 2.75) is 50.1 Å². The summed E-state index contributed by atoms with van der Waals surface area (Å²) >= 11 is 7.81. The number of aromatic nitrogens is 1. The fourth-order valence-electron chi connectivity index (χ4n) is 4.60. The van der Waals surface area contributed by atoms with E-state index < -0.39 is 0 Å². The highest BCUT2D eigenvalue weighted by Crippen LogP contribution is 2.35. The molecule has 2 saturated heterocycles. The molecule has 31 heavy (non-hydrogen) atoms. The predicted molar refractivity (Wildman–Crippen MR) is 127 cm³/mol. The van der Waals surface area contributed by atoms with E-state index in [2.05, 4.69) is 15.2 Å². The van der Waals surface area contributed by atoms with Crippen LogP contribution in [0.4, 0.5) is 5.69 Å². The number of hydrogen-bond donors (Lipinski definition) is 1. The summed E-state index contributed by atoms with van der Waals surface area (Å²) < 4.78 is 5.63. The van der Waals surface area contributed by atoms with Gasteiger partial charge in [-0.05, 0) is 87.5 Å². The topological polar surface area (TPSA) is 54.5 Å². The lowest BCUT2D eigenvalue weighted by atomic mass is 9.85. The summed E-state index contributed by atoms with van der Waals surface area (Å²) in [5.41, 5.74) is 1.68. The molecule has 1 aromatic heterocycles. The van der Waals surface area contributed by atoms with Gasteiger partial charge in [0.1, 0.15) is 10.8 Å². The van der Waals surface area contributed by atoms with Gasteiger partial charge < -0.3 is 15.0 Å². The number of pyridine rings is 1. The summed E-state index contributed by atoms with van der Waals surface area (Å²) in [6.45, 7) is 4.36. The fraction of sp³-hybridized carbons (Fsp3) is 0.500. The number of carbonyl (C=O) groups is 1. The Morgan fingerprint density at radius 2 is 2.13 bits per heavy atom. The summed E-state index contributed by atoms with van der Waals surface area (Å²) in [6, 6.07) is 9.86. The van der Waals surface area contributed by atoms with Crippen molar-refractivity contribution < 1.29 is 9.53 Å². The predicted octanol–water partition coefficient (Wildman–Crippen LogP) is 5.42. The summed E-state index contributed by atoms with van der Waals surface area (Å²) in [4.78, 5) is 19.7. The van der Waals surface area contributed by atoms with Gasteiger partial charge in [-0.1, -0.05) is 18.0 Å². The molecule has 0 bridgehead atoms. The van der Waals surface area contributed by atoms with Crippen LogP contribution in [0, 0.1) is 12.8 Å². The summed E-state index contributed by atoms with van der Waals surface area (Å²) in [5.74, 6) is 2.17. The molecule has 0 saturated carbocycles. The van der Waals surface area contributed by atoms with E-state index >= 15 is 0 Å². The zero-order valence-corrected chi connectivity index (χ0v) is 19.6. The molecule has 1 N–H and O–H groups in total. The molecule has 166 valence electrons. The lowest BCUT2D eigenvalue weighted by molar-refractivity contribution is -0.118. The van der Waals surface area contributed by atoms with Crippen LogP contribution >= 0.6 is 23.4 Å². The minimum atomic E-state index is -0.196. The van der Waals surface area contributed by atoms with E-state index in [1.54, 1.807) is 30.1 Å². The molecule has 0 spiro atoms. The van der Waals surface area contributed by atoms with Crippen LogP contribution in [0.3, 0.4) is 0 Å². The first-order chi connectivity index (χ1) is 15.1. The number of rotatable bonds is 7. The number of ether oxygens (including phenoxy) is 1. The number of benzene rings is 1. The molecule has 1 amide bonds. The minimum absolute atomic E-state index is 0.0558. The van der Waals surface area contributed by atoms with E-state index in [0.29, 0.717) is 22.7 Å². The molecule has 2 aliphatic heterocycles. The third-order valence-electron chi connectivity index (χ3n) is 6.21. The van der Waals surface area contributed by atoms with E-state index in [9.17, 15) is 4.79 Å². The van der Waals surface area contributed by atoms with E-state index in [1.807, 2.05) is 25.1 Å². The maximum atomic E-state index is 12.5. The van der Waals surface area contributed by atoms with Crippen molar-refractivity contribution in [2.24, 2.45) is 5.92 Å². The summed E-state index contributed by atoms with van der Waals surface area (Å²) in [7, 11) is 0. The number of nitrogens with zero attached hydrogens (tertiary/aromatic N) is 2. The SMILES string of the molecule is Cc1cc(OCC(=O)Nc2cccnc2SC[C@@H]2CCCN3CCCC[C@H]23)ccc1Cl. The van der Waals surface area contributed by atoms with Crippen LogP contribution in [0.1, 0.15) is 37.7 Å². The Morgan fingerprint density at radius 3 is 3.00 bits per heavy atom. The molecule has 0 radical (unpaired) electrons. The molecule has 2 aliphatic rings. The Balaban J connectivity index is 1.32. The Labute approximate surface area is 193 Å². The molecule has 2 atom stereocenters. The standard InChI is InChI=1S/C24H30ClN3O2S/c1-17-14-19(9-10-20(17)25)30-15-23(29)27-21-7-4-11-26-24(21)31-16-18-6-5-13-28-12-3-2-8-22(18)28/h4,7,9-11,14,18,22H,2-3,5-6,8,12-13,15-16H2,1H3,(H,27,29)/t18-,22+/m0/s1. The number of piperidine rings is 2. The number of aryl methyl sites for hydroxylation is 1. The third kappa shape index (κ3) is 5.93. The van der Waals surface area contributed by atoms with E-state index in [0.717, 1.165) is 22.0 Å². The highest BCUT2D eigenvalue weighted by molar-refractivity contribution is 7.99. The van der Waals surface area contributed by atoms with Crippen LogP contribution in [0.25, 0.3) is 0 Å². The molecule has 3 heterocycles. The average Bonchev–Trinajstić information content (AvgIpc) is 2.79. The maximum absolute atomic E-state index is 12.5. The monoisotopic (exact) mass is 459 g/mol. The molecule has 2 aromatic rings. The van der Waals surface area contributed by atoms with Gasteiger partial charge >= 0.3 is 0 Å². The van der Waals surface area contributed by atoms with Crippen molar-refractivity contribution in [3.05, 3.63) is 47.1 Å². The Morgan fingerprint density at radius 1 is 1.26 bits per heavy atom. The lowest BCUT2D eigenvalue weighted by Gasteiger charge is -2.44. The molecule has 0 aliphatic carbocycles. The second-order valence-electron chi connectivity index (χ2n) is 8.42. The Hall–Kier alpha value is -1.76. The van der Waals surface area contributed by atoms with E-state index in [4.69, 9.17) is 16.3 Å². The Kier molecular flexibility index (Phi) is 7.75. The minimum Gasteiger partial charge on any atom is -0.484 e. The second-order valence-corrected chi connectivity index (χ2v) is 9.83. The zero-order chi connectivity index (χ0) is 21.6. The maximum Gasteiger partial charge on any atom is 0.262 e. The van der Waals surface area contributed by atoms with Gasteiger partial charge in [0.15, 0.2) is 6.61 Å². The normalized spacial score (nSPS) is 21.4. The van der Waals surface area contributed by atoms with Crippen LogP contribution in [0.5, 0.6) is 5.75 Å². The van der Waals surface area contributed by atoms with Crippen LogP contribution in [-0.4, -0.2) is 47.3 Å². The van der Waals surface area contributed by atoms with Gasteiger partial charge in [0.25, 0.3) is 5.91 Å². The first-order valence-electron chi connectivity index (χ1n) is 11.1. The van der Waals surface area contributed by atoms with Crippen LogP contribution in [0.15, 0.2) is 41.6 Å². The number of anilines is 1. The molecular formula is C24H30ClN3O2S. The number of amides is 1. The van der Waals surface area contributed by atoms with E-state index in [-0.39, 0.29) is 12.5 Å². The molecule has 4 rings (SSSR count). The number of carbonyl (C=O) groups excluding carboxylic acids is 1. The van der Waals surface area contributed by atoms with Gasteiger partial charge in [0.2, 0.25) is 0 Å². The first kappa shape index (κ1) is 22.4. The largest absolute Gasteiger partial charge is 0.484 e. The number of thioether (sulfide) groups is 1. The first-order valence-corrected chi connectivity index (χ1v) is 12.5. The smallest absolute Gasteiger partial charge is 0.262 e. The average molecular weight is 460 g/mol. The molecular weight excluding hydrogens is 430 g/mol. The number of fused-ring (bicyclic) bond motifs is 1. The lowest BCUT2D eigenvalue weighted by Crippen LogP contribution is -2.48. The van der Waals surface area contributed by atoms with E-state index in [1.165, 1.54) is 45.2 Å². The van der Waals surface area contributed by atoms with Crippen molar-refractivity contribution in [3.63, 3.8) is 0 Å². The third-order valence-corrected chi connectivity index (χ3v) is 7.82. The number of nitrogens with one attached hydrogen (secondary N) is 1. The van der Waals surface area contributed by atoms with Gasteiger partial charge in [0, 0.05) is 23.0 Å². The van der Waals surface area contributed by atoms with Crippen molar-refractivity contribution in [3.8, 4) is 5.75 Å². The number of halogens is 1. The molecule has 1 aromatic carbocycles. The van der Waals surface area contributed by atoms with Gasteiger partial charge in [-0.25, -0.2) is 4.98 Å². The van der Waals surface area contributed by atoms with Crippen molar-refractivity contribution in [1.29, 1.82) is 0 Å². The molecule has 0 unspecified atom stereocenters. The van der Waals surface area contributed by atoms with Gasteiger partial charge in [-0.15, -0.1) is 11.8 Å². The highest BCUT2D eigenvalue weighted by Gasteiger charge is 2.33. The van der Waals surface area contributed by atoms with Gasteiger partial charge in [-0.2, -0.15) is 0 Å². The summed E-state index contributed by atoms with van der Waals surface area (Å²) in [5, 5.41) is 4.53. The summed E-state index contributed by atoms with van der Waals surface area (Å²) in [6.07, 6.45) is 8.37. The van der Waals surface area contributed by atoms with Crippen LogP contribution in [-0.2, 0) is 4.79 Å². The second kappa shape index (κ2) is 10.7. The fourth-order valence-corrected chi connectivity index (χ4v) is 5.89. The van der Waals surface area contributed by atoms with Gasteiger partial charge in [-0.3, -0.25) is 4.79 Å². The molecule has 2 fully saturated rings. The zero-order valence-electron chi connectivity index (χ0n) is 18.0. The van der Waals surface area contributed by atoms with Gasteiger partial charge in [0.05, 0.1) is 5.69 Å². The van der Waals surface area contributed by atoms with Crippen LogP contribution < -0.4 is 10.1 Å². The van der Waals surface area contributed by atoms with Crippen molar-refractivity contribution in [1.82, 2.24) is 9.88 Å². The number of hydrogen-bond acceptors (Lipinski definition) is 5. The molecule has 5 nitrogen and oxygen atoms in total. The molecule has 7 heteroatoms. The highest BCUT2D eigenvalue weighted by atomic mass is 35.5. The Bertz CT molecular complexity index is 908. The van der Waals surface area contributed by atoms with Crippen molar-refractivity contribution in [2.75, 3.05) is 30.8 Å². The quantitative estimate of drug-likeness (QED) is 0.560. The van der Waals surface area contributed by atoms with Crippen LogP contribution in [0.2, 0.25) is 5.02 Å². The van der Waals surface area contributed by atoms with Crippen molar-refractivity contribution >= 4 is 35.0 Å².